The minimum Gasteiger partial charge on any atom is -0.501 e. The Labute approximate surface area is 193 Å². The number of hydrogen-bond donors (Lipinski definition) is 1. The van der Waals surface area contributed by atoms with Crippen molar-refractivity contribution in [1.82, 2.24) is 14.5 Å². The number of alkyl halides is 3. The number of aromatic nitrogens is 2. The van der Waals surface area contributed by atoms with Gasteiger partial charge in [0.25, 0.3) is 5.91 Å². The molecule has 0 unspecified atom stereocenters. The van der Waals surface area contributed by atoms with Crippen LogP contribution >= 0.6 is 0 Å². The number of carbonyl (C=O) groups is 1. The van der Waals surface area contributed by atoms with Gasteiger partial charge in [0, 0.05) is 25.6 Å². The third kappa shape index (κ3) is 4.61. The van der Waals surface area contributed by atoms with E-state index >= 15 is 0 Å². The van der Waals surface area contributed by atoms with Crippen LogP contribution in [0.3, 0.4) is 0 Å². The van der Waals surface area contributed by atoms with Gasteiger partial charge in [-0.05, 0) is 42.7 Å². The van der Waals surface area contributed by atoms with Crippen molar-refractivity contribution in [2.75, 3.05) is 6.54 Å². The number of fused-ring (bicyclic) bond motifs is 1. The maximum absolute atomic E-state index is 12.9. The van der Waals surface area contributed by atoms with Crippen LogP contribution in [0.5, 0.6) is 11.5 Å². The van der Waals surface area contributed by atoms with E-state index in [4.69, 9.17) is 0 Å². The van der Waals surface area contributed by atoms with Crippen molar-refractivity contribution < 1.29 is 27.8 Å². The molecule has 1 aliphatic rings. The summed E-state index contributed by atoms with van der Waals surface area (Å²) in [5.74, 6) is -1.12. The zero-order valence-corrected chi connectivity index (χ0v) is 18.5. The van der Waals surface area contributed by atoms with Crippen LogP contribution in [-0.2, 0) is 13.0 Å². The predicted molar refractivity (Wildman–Crippen MR) is 118 cm³/mol. The molecule has 0 saturated carbocycles. The highest BCUT2D eigenvalue weighted by atomic mass is 19.4. The third-order valence-electron chi connectivity index (χ3n) is 5.66. The van der Waals surface area contributed by atoms with Crippen molar-refractivity contribution in [2.45, 2.75) is 39.2 Å². The zero-order valence-electron chi connectivity index (χ0n) is 18.5. The molecule has 1 N–H and O–H groups in total. The molecule has 0 fully saturated rings. The number of ether oxygens (including phenoxy) is 1. The molecule has 3 aromatic rings. The van der Waals surface area contributed by atoms with Gasteiger partial charge in [0.1, 0.15) is 11.6 Å². The first-order chi connectivity index (χ1) is 16.0. The Morgan fingerprint density at radius 2 is 1.74 bits per heavy atom. The number of carbonyl (C=O) groups excluding carboxylic acids is 1. The van der Waals surface area contributed by atoms with Gasteiger partial charge in [0.2, 0.25) is 5.75 Å². The molecule has 10 heteroatoms. The van der Waals surface area contributed by atoms with Gasteiger partial charge in [-0.2, -0.15) is 4.98 Å². The van der Waals surface area contributed by atoms with Crippen molar-refractivity contribution in [2.24, 2.45) is 0 Å². The fourth-order valence-corrected chi connectivity index (χ4v) is 4.08. The Morgan fingerprint density at radius 3 is 2.38 bits per heavy atom. The Balaban J connectivity index is 1.71. The van der Waals surface area contributed by atoms with E-state index in [1.807, 2.05) is 19.9 Å². The monoisotopic (exact) mass is 473 g/mol. The van der Waals surface area contributed by atoms with Crippen molar-refractivity contribution in [1.29, 1.82) is 0 Å². The van der Waals surface area contributed by atoms with Gasteiger partial charge in [0.05, 0.1) is 0 Å². The smallest absolute Gasteiger partial charge is 0.501 e. The fraction of sp³-hybridized carbons (Fsp3) is 0.292. The summed E-state index contributed by atoms with van der Waals surface area (Å²) in [5.41, 5.74) is 1.15. The summed E-state index contributed by atoms with van der Waals surface area (Å²) < 4.78 is 42.9. The average Bonchev–Trinajstić information content (AvgIpc) is 2.77. The first-order valence-corrected chi connectivity index (χ1v) is 10.6. The standard InChI is InChI=1S/C24H22F3N3O4/c1-14(2)29-11-12-30-19(28-22(32)21(31)20(30)23(29)33)13-16-5-3-4-6-18(16)15-7-9-17(10-8-15)34-24(25,26)27/h3-10,14,31H,11-13H2,1-2H3. The van der Waals surface area contributed by atoms with E-state index in [0.717, 1.165) is 11.1 Å². The second-order valence-corrected chi connectivity index (χ2v) is 8.18. The van der Waals surface area contributed by atoms with E-state index in [0.29, 0.717) is 24.5 Å². The lowest BCUT2D eigenvalue weighted by atomic mass is 9.97. The molecule has 1 amide bonds. The van der Waals surface area contributed by atoms with Gasteiger partial charge in [-0.25, -0.2) is 0 Å². The first-order valence-electron chi connectivity index (χ1n) is 10.6. The summed E-state index contributed by atoms with van der Waals surface area (Å²) in [5, 5.41) is 10.3. The normalized spacial score (nSPS) is 13.8. The molecule has 2 heterocycles. The van der Waals surface area contributed by atoms with Gasteiger partial charge < -0.3 is 19.3 Å². The summed E-state index contributed by atoms with van der Waals surface area (Å²) in [6.45, 7) is 4.47. The number of rotatable bonds is 5. The highest BCUT2D eigenvalue weighted by Gasteiger charge is 2.32. The van der Waals surface area contributed by atoms with Crippen molar-refractivity contribution in [3.8, 4) is 22.6 Å². The Kier molecular flexibility index (Phi) is 6.07. The maximum Gasteiger partial charge on any atom is 0.573 e. The minimum atomic E-state index is -4.78. The van der Waals surface area contributed by atoms with E-state index in [9.17, 15) is 27.9 Å². The molecule has 7 nitrogen and oxygen atoms in total. The van der Waals surface area contributed by atoms with E-state index in [-0.39, 0.29) is 23.9 Å². The maximum atomic E-state index is 12.9. The largest absolute Gasteiger partial charge is 0.573 e. The SMILES string of the molecule is CC(C)N1CCn2c(Cc3ccccc3-c3ccc(OC(F)(F)F)cc3)nc(=O)c(O)c2C1=O. The molecular weight excluding hydrogens is 451 g/mol. The molecule has 178 valence electrons. The lowest BCUT2D eigenvalue weighted by Gasteiger charge is -2.34. The van der Waals surface area contributed by atoms with E-state index in [2.05, 4.69) is 9.72 Å². The predicted octanol–water partition coefficient (Wildman–Crippen LogP) is 3.97. The zero-order chi connectivity index (χ0) is 24.6. The number of benzene rings is 2. The summed E-state index contributed by atoms with van der Waals surface area (Å²) in [6, 6.07) is 12.6. The van der Waals surface area contributed by atoms with Crippen LogP contribution < -0.4 is 10.3 Å². The third-order valence-corrected chi connectivity index (χ3v) is 5.66. The molecule has 1 aromatic heterocycles. The molecule has 1 aliphatic heterocycles. The highest BCUT2D eigenvalue weighted by Crippen LogP contribution is 2.30. The Bertz CT molecular complexity index is 1280. The summed E-state index contributed by atoms with van der Waals surface area (Å²) >= 11 is 0. The lowest BCUT2D eigenvalue weighted by molar-refractivity contribution is -0.274. The number of hydrogen-bond acceptors (Lipinski definition) is 5. The number of halogens is 3. The molecule has 0 aliphatic carbocycles. The highest BCUT2D eigenvalue weighted by molar-refractivity contribution is 5.95. The van der Waals surface area contributed by atoms with E-state index < -0.39 is 23.6 Å². The number of nitrogens with zero attached hydrogens (tertiary/aromatic N) is 3. The van der Waals surface area contributed by atoms with Crippen LogP contribution in [0.15, 0.2) is 53.3 Å². The number of amides is 1. The fourth-order valence-electron chi connectivity index (χ4n) is 4.08. The van der Waals surface area contributed by atoms with Gasteiger partial charge in [-0.1, -0.05) is 36.4 Å². The minimum absolute atomic E-state index is 0.0823. The number of aromatic hydroxyl groups is 1. The quantitative estimate of drug-likeness (QED) is 0.606. The van der Waals surface area contributed by atoms with Crippen LogP contribution in [0, 0.1) is 0 Å². The lowest BCUT2D eigenvalue weighted by Crippen LogP contribution is -2.46. The Hall–Kier alpha value is -3.82. The molecular formula is C24H22F3N3O4. The first kappa shape index (κ1) is 23.3. The summed E-state index contributed by atoms with van der Waals surface area (Å²) in [6.07, 6.45) is -4.60. The molecule has 0 spiro atoms. The molecule has 34 heavy (non-hydrogen) atoms. The van der Waals surface area contributed by atoms with Crippen molar-refractivity contribution >= 4 is 5.91 Å². The molecule has 0 bridgehead atoms. The van der Waals surface area contributed by atoms with Gasteiger partial charge >= 0.3 is 11.9 Å². The van der Waals surface area contributed by atoms with Crippen LogP contribution in [0.25, 0.3) is 11.1 Å². The Morgan fingerprint density at radius 1 is 1.06 bits per heavy atom. The second kappa shape index (κ2) is 8.85. The summed E-state index contributed by atoms with van der Waals surface area (Å²) in [4.78, 5) is 30.9. The van der Waals surface area contributed by atoms with E-state index in [1.54, 1.807) is 27.7 Å². The van der Waals surface area contributed by atoms with Crippen LogP contribution in [0.2, 0.25) is 0 Å². The second-order valence-electron chi connectivity index (χ2n) is 8.18. The van der Waals surface area contributed by atoms with Crippen LogP contribution in [0.4, 0.5) is 13.2 Å². The molecule has 0 atom stereocenters. The van der Waals surface area contributed by atoms with Crippen molar-refractivity contribution in [3.63, 3.8) is 0 Å². The van der Waals surface area contributed by atoms with Crippen LogP contribution in [-0.4, -0.2) is 44.4 Å². The molecule has 4 rings (SSSR count). The van der Waals surface area contributed by atoms with Gasteiger partial charge in [-0.15, -0.1) is 13.2 Å². The molecule has 0 radical (unpaired) electrons. The molecule has 2 aromatic carbocycles. The van der Waals surface area contributed by atoms with Crippen molar-refractivity contribution in [3.05, 3.63) is 76.0 Å². The van der Waals surface area contributed by atoms with Gasteiger partial charge in [-0.3, -0.25) is 9.59 Å². The average molecular weight is 473 g/mol. The topological polar surface area (TPSA) is 84.7 Å². The summed E-state index contributed by atoms with van der Waals surface area (Å²) in [7, 11) is 0. The van der Waals surface area contributed by atoms with Gasteiger partial charge in [0.15, 0.2) is 5.69 Å². The van der Waals surface area contributed by atoms with Crippen LogP contribution in [0.1, 0.15) is 35.7 Å². The molecule has 0 saturated heterocycles. The van der Waals surface area contributed by atoms with E-state index in [1.165, 1.54) is 24.3 Å².